The number of fused-ring (bicyclic) bond motifs is 1. The highest BCUT2D eigenvalue weighted by Gasteiger charge is 2.26. The maximum atomic E-state index is 12.9. The molecule has 3 aromatic heterocycles. The van der Waals surface area contributed by atoms with E-state index in [9.17, 15) is 4.79 Å². The van der Waals surface area contributed by atoms with Crippen LogP contribution in [0.15, 0.2) is 30.6 Å². The summed E-state index contributed by atoms with van der Waals surface area (Å²) in [7, 11) is 3.56. The minimum Gasteiger partial charge on any atom is -0.492 e. The largest absolute Gasteiger partial charge is 0.492 e. The van der Waals surface area contributed by atoms with E-state index in [1.165, 1.54) is 12.8 Å². The Kier molecular flexibility index (Phi) is 6.62. The van der Waals surface area contributed by atoms with E-state index in [2.05, 4.69) is 25.2 Å². The van der Waals surface area contributed by atoms with Gasteiger partial charge in [0.1, 0.15) is 22.9 Å². The molecule has 34 heavy (non-hydrogen) atoms. The van der Waals surface area contributed by atoms with Crippen LogP contribution in [0.2, 0.25) is 0 Å². The lowest BCUT2D eigenvalue weighted by Crippen LogP contribution is -2.30. The molecule has 9 heteroatoms. The second kappa shape index (κ2) is 9.97. The Bertz CT molecular complexity index is 1130. The minimum atomic E-state index is -0.0128. The number of ether oxygens (including phenoxy) is 1. The van der Waals surface area contributed by atoms with Crippen molar-refractivity contribution in [2.45, 2.75) is 44.6 Å². The summed E-state index contributed by atoms with van der Waals surface area (Å²) >= 11 is 0. The topological polar surface area (TPSA) is 97.2 Å². The lowest BCUT2D eigenvalue weighted by molar-refractivity contribution is 0.0815. The number of hydrogen-bond acceptors (Lipinski definition) is 7. The van der Waals surface area contributed by atoms with Crippen LogP contribution in [0.1, 0.15) is 55.1 Å². The molecule has 4 heterocycles. The predicted molar refractivity (Wildman–Crippen MR) is 132 cm³/mol. The van der Waals surface area contributed by atoms with Crippen molar-refractivity contribution in [2.24, 2.45) is 5.92 Å². The van der Waals surface area contributed by atoms with E-state index in [4.69, 9.17) is 9.72 Å². The van der Waals surface area contributed by atoms with Crippen LogP contribution in [-0.2, 0) is 0 Å². The highest BCUT2D eigenvalue weighted by molar-refractivity contribution is 5.97. The Morgan fingerprint density at radius 3 is 2.65 bits per heavy atom. The van der Waals surface area contributed by atoms with Gasteiger partial charge in [-0.3, -0.25) is 4.79 Å². The first-order valence-electron chi connectivity index (χ1n) is 12.2. The summed E-state index contributed by atoms with van der Waals surface area (Å²) in [5, 5.41) is 7.45. The van der Waals surface area contributed by atoms with Gasteiger partial charge in [-0.15, -0.1) is 0 Å². The minimum absolute atomic E-state index is 0.0128. The van der Waals surface area contributed by atoms with Crippen molar-refractivity contribution < 1.29 is 9.53 Å². The van der Waals surface area contributed by atoms with Crippen LogP contribution < -0.4 is 15.4 Å². The van der Waals surface area contributed by atoms with Crippen LogP contribution in [0.3, 0.4) is 0 Å². The number of nitrogens with one attached hydrogen (secondary N) is 2. The molecular weight excluding hydrogens is 430 g/mol. The highest BCUT2D eigenvalue weighted by atomic mass is 16.5. The number of carbonyl (C=O) groups excluding carboxylic acids is 1. The molecule has 0 atom stereocenters. The standard InChI is InChI=1S/C25H33N7O2/c1-31(2)24(33)21-13-18-14-28-25(30-23(18)32(21)19-5-3-4-6-19)29-22-8-7-20(15-27-22)34-16-17-9-11-26-12-10-17/h7-8,13-15,17,19,26H,3-6,9-12,16H2,1-2H3,(H,27,28,29,30). The molecular formula is C25H33N7O2. The number of carbonyl (C=O) groups is 1. The average molecular weight is 464 g/mol. The summed E-state index contributed by atoms with van der Waals surface area (Å²) in [6.45, 7) is 2.85. The van der Waals surface area contributed by atoms with Gasteiger partial charge in [0.05, 0.1) is 12.8 Å². The quantitative estimate of drug-likeness (QED) is 0.551. The summed E-state index contributed by atoms with van der Waals surface area (Å²) in [6, 6.07) is 5.99. The summed E-state index contributed by atoms with van der Waals surface area (Å²) in [5.74, 6) is 2.46. The molecule has 0 unspecified atom stereocenters. The second-order valence-corrected chi connectivity index (χ2v) is 9.52. The molecule has 180 valence electrons. The summed E-state index contributed by atoms with van der Waals surface area (Å²) in [4.78, 5) is 28.2. The van der Waals surface area contributed by atoms with E-state index in [1.54, 1.807) is 31.4 Å². The van der Waals surface area contributed by atoms with Gasteiger partial charge < -0.3 is 24.8 Å². The van der Waals surface area contributed by atoms with Gasteiger partial charge >= 0.3 is 0 Å². The van der Waals surface area contributed by atoms with Crippen molar-refractivity contribution in [1.29, 1.82) is 0 Å². The van der Waals surface area contributed by atoms with Crippen molar-refractivity contribution in [3.8, 4) is 5.75 Å². The van der Waals surface area contributed by atoms with E-state index >= 15 is 0 Å². The summed E-state index contributed by atoms with van der Waals surface area (Å²) in [6.07, 6.45) is 10.3. The molecule has 9 nitrogen and oxygen atoms in total. The maximum Gasteiger partial charge on any atom is 0.270 e. The van der Waals surface area contributed by atoms with Gasteiger partial charge in [0.15, 0.2) is 0 Å². The first kappa shape index (κ1) is 22.6. The predicted octanol–water partition coefficient (Wildman–Crippen LogP) is 3.77. The van der Waals surface area contributed by atoms with Gasteiger partial charge in [-0.1, -0.05) is 12.8 Å². The monoisotopic (exact) mass is 463 g/mol. The molecule has 0 aromatic carbocycles. The zero-order valence-corrected chi connectivity index (χ0v) is 20.0. The Morgan fingerprint density at radius 2 is 1.94 bits per heavy atom. The van der Waals surface area contributed by atoms with E-state index in [-0.39, 0.29) is 11.9 Å². The van der Waals surface area contributed by atoms with Gasteiger partial charge in [-0.05, 0) is 62.9 Å². The number of rotatable bonds is 7. The van der Waals surface area contributed by atoms with Crippen molar-refractivity contribution in [1.82, 2.24) is 29.7 Å². The Morgan fingerprint density at radius 1 is 1.15 bits per heavy atom. The van der Waals surface area contributed by atoms with Gasteiger partial charge in [-0.2, -0.15) is 4.98 Å². The van der Waals surface area contributed by atoms with Gasteiger partial charge in [-0.25, -0.2) is 9.97 Å². The fourth-order valence-electron chi connectivity index (χ4n) is 4.91. The van der Waals surface area contributed by atoms with Gasteiger partial charge in [0.25, 0.3) is 5.91 Å². The molecule has 1 aliphatic carbocycles. The van der Waals surface area contributed by atoms with Crippen molar-refractivity contribution in [2.75, 3.05) is 39.1 Å². The van der Waals surface area contributed by atoms with E-state index in [0.717, 1.165) is 62.2 Å². The van der Waals surface area contributed by atoms with Crippen LogP contribution in [0.4, 0.5) is 11.8 Å². The van der Waals surface area contributed by atoms with Crippen LogP contribution in [-0.4, -0.2) is 64.1 Å². The normalized spacial score (nSPS) is 17.2. The number of nitrogens with zero attached hydrogens (tertiary/aromatic N) is 5. The summed E-state index contributed by atoms with van der Waals surface area (Å²) in [5.41, 5.74) is 1.46. The average Bonchev–Trinajstić information content (AvgIpc) is 3.51. The van der Waals surface area contributed by atoms with Crippen LogP contribution in [0, 0.1) is 5.92 Å². The molecule has 1 saturated heterocycles. The number of aromatic nitrogens is 4. The Balaban J connectivity index is 1.33. The van der Waals surface area contributed by atoms with Gasteiger partial charge in [0.2, 0.25) is 5.95 Å². The van der Waals surface area contributed by atoms with Crippen LogP contribution >= 0.6 is 0 Å². The molecule has 2 aliphatic rings. The molecule has 1 amide bonds. The zero-order valence-electron chi connectivity index (χ0n) is 20.0. The number of piperidine rings is 1. The maximum absolute atomic E-state index is 12.9. The van der Waals surface area contributed by atoms with Crippen LogP contribution in [0.25, 0.3) is 11.0 Å². The molecule has 1 aliphatic heterocycles. The molecule has 0 spiro atoms. The molecule has 0 radical (unpaired) electrons. The number of amides is 1. The van der Waals surface area contributed by atoms with Gasteiger partial charge in [0, 0.05) is 31.7 Å². The lowest BCUT2D eigenvalue weighted by Gasteiger charge is -2.22. The lowest BCUT2D eigenvalue weighted by atomic mass is 9.99. The molecule has 2 fully saturated rings. The summed E-state index contributed by atoms with van der Waals surface area (Å²) < 4.78 is 8.05. The highest BCUT2D eigenvalue weighted by Crippen LogP contribution is 2.35. The van der Waals surface area contributed by atoms with E-state index in [1.807, 2.05) is 18.2 Å². The van der Waals surface area contributed by atoms with Crippen molar-refractivity contribution in [3.05, 3.63) is 36.3 Å². The molecule has 3 aromatic rings. The first-order chi connectivity index (χ1) is 16.6. The fraction of sp³-hybridized carbons (Fsp3) is 0.520. The third-order valence-corrected chi connectivity index (χ3v) is 6.81. The molecule has 2 N–H and O–H groups in total. The van der Waals surface area contributed by atoms with E-state index in [0.29, 0.717) is 23.4 Å². The first-order valence-corrected chi connectivity index (χ1v) is 12.2. The third-order valence-electron chi connectivity index (χ3n) is 6.81. The van der Waals surface area contributed by atoms with Crippen LogP contribution in [0.5, 0.6) is 5.75 Å². The molecule has 1 saturated carbocycles. The second-order valence-electron chi connectivity index (χ2n) is 9.52. The number of hydrogen-bond donors (Lipinski definition) is 2. The Labute approximate surface area is 199 Å². The smallest absolute Gasteiger partial charge is 0.270 e. The molecule has 5 rings (SSSR count). The number of anilines is 2. The van der Waals surface area contributed by atoms with E-state index < -0.39 is 0 Å². The Hall–Kier alpha value is -3.20. The van der Waals surface area contributed by atoms with Crippen molar-refractivity contribution >= 4 is 28.7 Å². The number of pyridine rings is 1. The fourth-order valence-corrected chi connectivity index (χ4v) is 4.91. The SMILES string of the molecule is CN(C)C(=O)c1cc2cnc(Nc3ccc(OCC4CCNCC4)cn3)nc2n1C1CCCC1. The molecule has 0 bridgehead atoms. The third kappa shape index (κ3) is 4.84. The van der Waals surface area contributed by atoms with Crippen molar-refractivity contribution in [3.63, 3.8) is 0 Å². The zero-order chi connectivity index (χ0) is 23.5.